The van der Waals surface area contributed by atoms with Crippen molar-refractivity contribution in [2.24, 2.45) is 0 Å². The number of ether oxygens (including phenoxy) is 3. The van der Waals surface area contributed by atoms with Crippen LogP contribution < -0.4 is 14.2 Å². The van der Waals surface area contributed by atoms with Gasteiger partial charge in [0.15, 0.2) is 0 Å². The van der Waals surface area contributed by atoms with E-state index in [2.05, 4.69) is 119 Å². The number of hydrogen-bond acceptors (Lipinski definition) is 6. The van der Waals surface area contributed by atoms with Gasteiger partial charge in [-0.05, 0) is 85.6 Å². The summed E-state index contributed by atoms with van der Waals surface area (Å²) in [4.78, 5) is 12.2. The lowest BCUT2D eigenvalue weighted by Crippen LogP contribution is -2.17. The van der Waals surface area contributed by atoms with Gasteiger partial charge in [-0.25, -0.2) is 0 Å². The minimum Gasteiger partial charge on any atom is -0.507 e. The smallest absolute Gasteiger partial charge is 0.270 e. The van der Waals surface area contributed by atoms with Crippen molar-refractivity contribution in [1.82, 2.24) is 0 Å². The summed E-state index contributed by atoms with van der Waals surface area (Å²) in [6.07, 6.45) is 4.14. The van der Waals surface area contributed by atoms with Crippen LogP contribution in [0.5, 0.6) is 23.0 Å². The van der Waals surface area contributed by atoms with Gasteiger partial charge in [0, 0.05) is 48.9 Å². The number of phenols is 1. The highest BCUT2D eigenvalue weighted by Gasteiger charge is 2.28. The van der Waals surface area contributed by atoms with Gasteiger partial charge in [0.25, 0.3) is 5.69 Å². The quantitative estimate of drug-likeness (QED) is 0.112. The third-order valence-electron chi connectivity index (χ3n) is 10.7. The minimum atomic E-state index is -0.362. The van der Waals surface area contributed by atoms with Crippen LogP contribution in [0.2, 0.25) is 0 Å². The Hall–Kier alpha value is -4.52. The molecule has 8 bridgehead atoms. The van der Waals surface area contributed by atoms with Gasteiger partial charge in [-0.3, -0.25) is 10.1 Å². The van der Waals surface area contributed by atoms with Crippen LogP contribution in [0, 0.1) is 10.1 Å². The molecule has 0 amide bonds. The number of hydrogen-bond donors (Lipinski definition) is 1. The average molecular weight is 764 g/mol. The van der Waals surface area contributed by atoms with Gasteiger partial charge < -0.3 is 19.3 Å². The van der Waals surface area contributed by atoms with E-state index in [1.807, 2.05) is 0 Å². The topological polar surface area (TPSA) is 91.1 Å². The molecule has 56 heavy (non-hydrogen) atoms. The second-order valence-electron chi connectivity index (χ2n) is 18.7. The fourth-order valence-electron chi connectivity index (χ4n) is 7.46. The molecule has 302 valence electrons. The van der Waals surface area contributed by atoms with E-state index >= 15 is 0 Å². The van der Waals surface area contributed by atoms with E-state index in [-0.39, 0.29) is 45.4 Å². The van der Waals surface area contributed by atoms with Gasteiger partial charge in [0.1, 0.15) is 23.0 Å². The fourth-order valence-corrected chi connectivity index (χ4v) is 7.46. The Morgan fingerprint density at radius 3 is 0.964 bits per heavy atom. The van der Waals surface area contributed by atoms with E-state index in [4.69, 9.17) is 14.2 Å². The van der Waals surface area contributed by atoms with Crippen LogP contribution in [-0.4, -0.2) is 29.9 Å². The number of fused-ring (bicyclic) bond motifs is 8. The summed E-state index contributed by atoms with van der Waals surface area (Å²) in [5, 5.41) is 24.6. The lowest BCUT2D eigenvalue weighted by molar-refractivity contribution is -0.385. The largest absolute Gasteiger partial charge is 0.507 e. The Morgan fingerprint density at radius 1 is 0.500 bits per heavy atom. The lowest BCUT2D eigenvalue weighted by atomic mass is 9.80. The zero-order chi connectivity index (χ0) is 41.2. The Morgan fingerprint density at radius 2 is 0.750 bits per heavy atom. The number of aromatic hydroxyl groups is 1. The van der Waals surface area contributed by atoms with Gasteiger partial charge >= 0.3 is 0 Å². The van der Waals surface area contributed by atoms with E-state index < -0.39 is 0 Å². The second kappa shape index (κ2) is 16.9. The Balaban J connectivity index is 1.97. The van der Waals surface area contributed by atoms with E-state index in [1.165, 1.54) is 17.7 Å². The van der Waals surface area contributed by atoms with E-state index in [1.54, 1.807) is 0 Å². The predicted molar refractivity (Wildman–Crippen MR) is 229 cm³/mol. The summed E-state index contributed by atoms with van der Waals surface area (Å²) in [6.45, 7) is 27.9. The maximum Gasteiger partial charge on any atom is 0.270 e. The first-order chi connectivity index (χ1) is 26.2. The number of rotatable bonds is 10. The van der Waals surface area contributed by atoms with Gasteiger partial charge in [0.2, 0.25) is 0 Å². The molecular formula is C49H65NO6. The molecule has 0 spiro atoms. The van der Waals surface area contributed by atoms with Crippen molar-refractivity contribution >= 4 is 5.69 Å². The Kier molecular flexibility index (Phi) is 12.9. The van der Waals surface area contributed by atoms with Crippen LogP contribution in [-0.2, 0) is 41.9 Å². The molecule has 0 heterocycles. The van der Waals surface area contributed by atoms with Crippen molar-refractivity contribution in [1.29, 1.82) is 0 Å². The van der Waals surface area contributed by atoms with Crippen molar-refractivity contribution in [3.8, 4) is 23.0 Å². The molecule has 0 aromatic heterocycles. The number of phenolic OH excluding ortho intramolecular Hbond substituents is 1. The summed E-state index contributed by atoms with van der Waals surface area (Å²) in [5.74, 6) is 2.49. The number of nitro benzene ring substituents is 1. The monoisotopic (exact) mass is 763 g/mol. The molecule has 0 unspecified atom stereocenters. The van der Waals surface area contributed by atoms with E-state index in [0.717, 1.165) is 81.0 Å². The molecule has 0 aliphatic heterocycles. The minimum absolute atomic E-state index is 0.0530. The van der Waals surface area contributed by atoms with Crippen LogP contribution >= 0.6 is 0 Å². The first-order valence-electron chi connectivity index (χ1n) is 20.6. The van der Waals surface area contributed by atoms with Crippen molar-refractivity contribution in [2.45, 2.75) is 144 Å². The van der Waals surface area contributed by atoms with Crippen LogP contribution in [0.25, 0.3) is 0 Å². The molecule has 0 atom stereocenters. The number of nitro groups is 1. The van der Waals surface area contributed by atoms with Crippen LogP contribution in [0.4, 0.5) is 5.69 Å². The molecule has 1 aliphatic carbocycles. The molecule has 0 saturated heterocycles. The second-order valence-corrected chi connectivity index (χ2v) is 18.7. The van der Waals surface area contributed by atoms with Crippen molar-refractivity contribution in [2.75, 3.05) is 19.8 Å². The average Bonchev–Trinajstić information content (AvgIpc) is 3.10. The van der Waals surface area contributed by atoms with E-state index in [0.29, 0.717) is 43.8 Å². The van der Waals surface area contributed by atoms with Crippen LogP contribution in [0.1, 0.15) is 164 Å². The molecule has 0 radical (unpaired) electrons. The number of non-ortho nitro benzene ring substituents is 1. The van der Waals surface area contributed by atoms with Crippen LogP contribution in [0.3, 0.4) is 0 Å². The highest BCUT2D eigenvalue weighted by Crippen LogP contribution is 2.44. The first-order valence-corrected chi connectivity index (χ1v) is 20.6. The molecular weight excluding hydrogens is 699 g/mol. The molecule has 4 aromatic rings. The zero-order valence-electron chi connectivity index (χ0n) is 36.1. The summed E-state index contributed by atoms with van der Waals surface area (Å²) in [5.41, 5.74) is 9.90. The SMILES string of the molecule is CCCOc1c2cc(C(C)(C)C)cc1Cc1cc(C(C)(C)C)cc(c1OCCC)Cc1cc(C(C)(C)C)cc(c1OCCC)Cc1cc([N+](=O)[O-])cc(c1O)C2. The molecule has 0 saturated carbocycles. The van der Waals surface area contributed by atoms with Crippen molar-refractivity contribution < 1.29 is 24.2 Å². The van der Waals surface area contributed by atoms with Gasteiger partial charge in [-0.1, -0.05) is 119 Å². The first kappa shape index (κ1) is 42.6. The number of benzene rings is 4. The molecule has 1 aliphatic rings. The third kappa shape index (κ3) is 9.70. The van der Waals surface area contributed by atoms with Gasteiger partial charge in [-0.15, -0.1) is 0 Å². The maximum atomic E-state index is 12.5. The Bertz CT molecular complexity index is 1930. The van der Waals surface area contributed by atoms with Gasteiger partial charge in [0.05, 0.1) is 24.7 Å². The third-order valence-corrected chi connectivity index (χ3v) is 10.7. The Labute approximate surface area is 336 Å². The summed E-state index contributed by atoms with van der Waals surface area (Å²) >= 11 is 0. The summed E-state index contributed by atoms with van der Waals surface area (Å²) < 4.78 is 20.2. The lowest BCUT2D eigenvalue weighted by Gasteiger charge is -2.28. The predicted octanol–water partition coefficient (Wildman–Crippen LogP) is 12.2. The number of nitrogens with zero attached hydrogens (tertiary/aromatic N) is 1. The van der Waals surface area contributed by atoms with Crippen LogP contribution in [0.15, 0.2) is 48.5 Å². The van der Waals surface area contributed by atoms with Crippen molar-refractivity contribution in [3.63, 3.8) is 0 Å². The van der Waals surface area contributed by atoms with Gasteiger partial charge in [-0.2, -0.15) is 0 Å². The van der Waals surface area contributed by atoms with E-state index in [9.17, 15) is 15.2 Å². The maximum absolute atomic E-state index is 12.5. The molecule has 4 aromatic carbocycles. The fraction of sp³-hybridized carbons (Fsp3) is 0.510. The summed E-state index contributed by atoms with van der Waals surface area (Å²) in [6, 6.07) is 16.5. The molecule has 5 rings (SSSR count). The molecule has 7 heteroatoms. The standard InChI is InChI=1S/C49H65NO6/c1-13-16-54-44-33-19-31-29-42(50(52)53)30-32(43(31)51)20-34-24-40(48(7,8)9)26-36(45(34)55-17-14-2)22-38-28-41(49(10,11)12)27-37(46(38)56-18-15-3)21-35(44)25-39(23-33)47(4,5)6/h23-30,51H,13-22H2,1-12H3. The molecule has 1 N–H and O–H groups in total. The highest BCUT2D eigenvalue weighted by atomic mass is 16.6. The highest BCUT2D eigenvalue weighted by molar-refractivity contribution is 5.60. The molecule has 7 nitrogen and oxygen atoms in total. The van der Waals surface area contributed by atoms with Crippen molar-refractivity contribution in [3.05, 3.63) is 120 Å². The zero-order valence-corrected chi connectivity index (χ0v) is 36.1. The molecule has 0 fully saturated rings. The summed E-state index contributed by atoms with van der Waals surface area (Å²) in [7, 11) is 0. The normalized spacial score (nSPS) is 13.4.